The predicted octanol–water partition coefficient (Wildman–Crippen LogP) is 6.71. The first-order chi connectivity index (χ1) is 21.8. The van der Waals surface area contributed by atoms with Crippen LogP contribution in [0.25, 0.3) is 10.9 Å². The third kappa shape index (κ3) is 6.65. The van der Waals surface area contributed by atoms with Crippen LogP contribution in [0.5, 0.6) is 11.6 Å². The molecule has 1 aromatic carbocycles. The van der Waals surface area contributed by atoms with E-state index in [1.807, 2.05) is 27.7 Å². The van der Waals surface area contributed by atoms with Crippen LogP contribution in [0.2, 0.25) is 0 Å². The molecule has 2 aliphatic heterocycles. The van der Waals surface area contributed by atoms with Crippen molar-refractivity contribution >= 4 is 29.2 Å². The number of amides is 2. The number of hydrogen-bond acceptors (Lipinski definition) is 7. The van der Waals surface area contributed by atoms with Crippen LogP contribution in [-0.2, 0) is 20.2 Å². The molecule has 46 heavy (non-hydrogen) atoms. The van der Waals surface area contributed by atoms with Crippen molar-refractivity contribution in [3.8, 4) is 11.6 Å². The lowest BCUT2D eigenvalue weighted by molar-refractivity contribution is -0.139. The van der Waals surface area contributed by atoms with E-state index in [-0.39, 0.29) is 36.4 Å². The number of fused-ring (bicyclic) bond motifs is 5. The van der Waals surface area contributed by atoms with Gasteiger partial charge in [-0.15, -0.1) is 0 Å². The molecule has 11 heteroatoms. The smallest absolute Gasteiger partial charge is 0.408 e. The second-order valence-corrected chi connectivity index (χ2v) is 14.2. The van der Waals surface area contributed by atoms with Gasteiger partial charge in [-0.25, -0.2) is 18.6 Å². The summed E-state index contributed by atoms with van der Waals surface area (Å²) in [5.74, 6) is -3.80. The molecule has 3 heterocycles. The molecule has 9 nitrogen and oxygen atoms in total. The number of nitrogens with one attached hydrogen (secondary N) is 1. The van der Waals surface area contributed by atoms with E-state index in [1.165, 1.54) is 12.0 Å². The fraction of sp³-hybridized carbons (Fsp3) is 0.657. The van der Waals surface area contributed by atoms with E-state index in [4.69, 9.17) is 14.2 Å². The van der Waals surface area contributed by atoms with Crippen LogP contribution in [0.4, 0.5) is 13.6 Å². The number of nitrogens with zero attached hydrogens (tertiary/aromatic N) is 2. The van der Waals surface area contributed by atoms with Crippen molar-refractivity contribution in [2.45, 2.75) is 116 Å². The van der Waals surface area contributed by atoms with Crippen LogP contribution in [-0.4, -0.2) is 66.1 Å². The highest BCUT2D eigenvalue weighted by atomic mass is 19.3. The molecule has 1 saturated carbocycles. The van der Waals surface area contributed by atoms with Crippen LogP contribution in [0.1, 0.15) is 90.2 Å². The van der Waals surface area contributed by atoms with Gasteiger partial charge in [-0.2, -0.15) is 0 Å². The fourth-order valence-corrected chi connectivity index (χ4v) is 7.58. The minimum Gasteiger partial charge on any atom is -0.497 e. The molecule has 2 fully saturated rings. The minimum absolute atomic E-state index is 0.0311. The van der Waals surface area contributed by atoms with Crippen LogP contribution >= 0.6 is 0 Å². The molecule has 2 bridgehead atoms. The van der Waals surface area contributed by atoms with Gasteiger partial charge in [0.2, 0.25) is 11.8 Å². The van der Waals surface area contributed by atoms with Gasteiger partial charge in [0.15, 0.2) is 0 Å². The number of methoxy groups -OCH3 is 1. The fourth-order valence-electron chi connectivity index (χ4n) is 7.58. The predicted molar refractivity (Wildman–Crippen MR) is 169 cm³/mol. The highest BCUT2D eigenvalue weighted by Gasteiger charge is 2.49. The first-order valence-corrected chi connectivity index (χ1v) is 16.5. The number of pyridine rings is 1. The van der Waals surface area contributed by atoms with Crippen molar-refractivity contribution in [2.75, 3.05) is 13.7 Å². The first kappa shape index (κ1) is 33.9. The zero-order valence-corrected chi connectivity index (χ0v) is 27.7. The SMILES string of the molecule is CC[C@@H]1[C@@H]2CN(C(=O)[C@H](C(C)(C)C)NC(=O)O[C@@H]3CCC[C@H]3CCCCC(F)(F)c3c(nc4cc(OC)ccc4c3C)O2)[C@@H]1C=O. The van der Waals surface area contributed by atoms with Crippen molar-refractivity contribution < 1.29 is 37.4 Å². The van der Waals surface area contributed by atoms with Gasteiger partial charge >= 0.3 is 6.09 Å². The van der Waals surface area contributed by atoms with Crippen molar-refractivity contribution in [3.05, 3.63) is 29.3 Å². The Morgan fingerprint density at radius 1 is 1.11 bits per heavy atom. The Hall–Kier alpha value is -3.50. The number of aldehydes is 1. The number of rotatable bonds is 3. The van der Waals surface area contributed by atoms with Gasteiger partial charge in [-0.1, -0.05) is 34.1 Å². The molecule has 0 unspecified atom stereocenters. The second-order valence-electron chi connectivity index (χ2n) is 14.2. The van der Waals surface area contributed by atoms with E-state index in [2.05, 4.69) is 10.3 Å². The number of ether oxygens (including phenoxy) is 3. The molecule has 1 saturated heterocycles. The quantitative estimate of drug-likeness (QED) is 0.371. The van der Waals surface area contributed by atoms with E-state index < -0.39 is 53.9 Å². The number of benzene rings is 1. The van der Waals surface area contributed by atoms with Gasteiger partial charge in [0.05, 0.1) is 30.8 Å². The van der Waals surface area contributed by atoms with Crippen LogP contribution in [0, 0.1) is 24.2 Å². The van der Waals surface area contributed by atoms with Crippen LogP contribution < -0.4 is 14.8 Å². The van der Waals surface area contributed by atoms with E-state index in [9.17, 15) is 14.4 Å². The third-order valence-electron chi connectivity index (χ3n) is 10.1. The molecule has 5 rings (SSSR count). The summed E-state index contributed by atoms with van der Waals surface area (Å²) in [6, 6.07) is 3.26. The lowest BCUT2D eigenvalue weighted by Gasteiger charge is -2.35. The summed E-state index contributed by atoms with van der Waals surface area (Å²) in [5, 5.41) is 3.39. The molecular formula is C35H47F2N3O6. The summed E-state index contributed by atoms with van der Waals surface area (Å²) < 4.78 is 50.3. The summed E-state index contributed by atoms with van der Waals surface area (Å²) in [4.78, 5) is 46.0. The van der Waals surface area contributed by atoms with E-state index in [0.717, 1.165) is 12.8 Å². The van der Waals surface area contributed by atoms with Gasteiger partial charge in [-0.3, -0.25) is 4.79 Å². The molecule has 2 amide bonds. The minimum atomic E-state index is -3.26. The monoisotopic (exact) mass is 643 g/mol. The highest BCUT2D eigenvalue weighted by molar-refractivity contribution is 5.89. The summed E-state index contributed by atoms with van der Waals surface area (Å²) in [6.45, 7) is 9.00. The molecule has 1 aliphatic carbocycles. The Labute approximate surface area is 269 Å². The lowest BCUT2D eigenvalue weighted by atomic mass is 9.85. The maximum Gasteiger partial charge on any atom is 0.408 e. The number of halogens is 2. The van der Waals surface area contributed by atoms with Gasteiger partial charge in [-0.05, 0) is 74.5 Å². The zero-order valence-electron chi connectivity index (χ0n) is 27.7. The molecule has 0 spiro atoms. The van der Waals surface area contributed by atoms with Crippen molar-refractivity contribution in [3.63, 3.8) is 0 Å². The molecule has 252 valence electrons. The van der Waals surface area contributed by atoms with E-state index in [1.54, 1.807) is 25.1 Å². The summed E-state index contributed by atoms with van der Waals surface area (Å²) in [6.07, 6.45) is 2.82. The zero-order chi connectivity index (χ0) is 33.4. The Kier molecular flexibility index (Phi) is 9.80. The topological polar surface area (TPSA) is 107 Å². The number of carbonyl (C=O) groups is 3. The van der Waals surface area contributed by atoms with Crippen molar-refractivity contribution in [1.29, 1.82) is 0 Å². The normalized spacial score (nSPS) is 29.1. The molecule has 3 aliphatic rings. The largest absolute Gasteiger partial charge is 0.497 e. The maximum absolute atomic E-state index is 16.3. The van der Waals surface area contributed by atoms with E-state index in [0.29, 0.717) is 54.2 Å². The Bertz CT molecular complexity index is 1460. The molecule has 1 aromatic heterocycles. The van der Waals surface area contributed by atoms with Crippen LogP contribution in [0.15, 0.2) is 18.2 Å². The average molecular weight is 644 g/mol. The highest BCUT2D eigenvalue weighted by Crippen LogP contribution is 2.45. The summed E-state index contributed by atoms with van der Waals surface area (Å²) in [5.41, 5.74) is -0.170. The average Bonchev–Trinajstić information content (AvgIpc) is 3.59. The second kappa shape index (κ2) is 13.3. The van der Waals surface area contributed by atoms with Gasteiger partial charge < -0.3 is 29.2 Å². The van der Waals surface area contributed by atoms with Crippen molar-refractivity contribution in [2.24, 2.45) is 17.3 Å². The van der Waals surface area contributed by atoms with Gasteiger partial charge in [0.1, 0.15) is 30.3 Å². The number of alkyl carbamates (subject to hydrolysis) is 1. The molecule has 1 N–H and O–H groups in total. The lowest BCUT2D eigenvalue weighted by Crippen LogP contribution is -2.56. The molecule has 6 atom stereocenters. The summed E-state index contributed by atoms with van der Waals surface area (Å²) >= 11 is 0. The Morgan fingerprint density at radius 3 is 2.52 bits per heavy atom. The number of alkyl halides is 2. The third-order valence-corrected chi connectivity index (χ3v) is 10.1. The molecular weight excluding hydrogens is 596 g/mol. The van der Waals surface area contributed by atoms with Gasteiger partial charge in [0.25, 0.3) is 5.92 Å². The summed E-state index contributed by atoms with van der Waals surface area (Å²) in [7, 11) is 1.52. The van der Waals surface area contributed by atoms with Crippen molar-refractivity contribution in [1.82, 2.24) is 15.2 Å². The Balaban J connectivity index is 1.61. The van der Waals surface area contributed by atoms with E-state index >= 15 is 8.78 Å². The number of aromatic nitrogens is 1. The number of hydrogen-bond donors (Lipinski definition) is 1. The van der Waals surface area contributed by atoms with Gasteiger partial charge in [0, 0.05) is 23.8 Å². The first-order valence-electron chi connectivity index (χ1n) is 16.5. The standard InChI is InChI=1S/C35H47F2N3O6/c1-7-23-26(19-41)40-18-28(23)45-31-29(20(2)24-15-14-22(44-6)17-25(24)38-31)35(36,37)16-9-8-11-21-12-10-13-27(21)46-33(43)39-30(32(40)42)34(3,4)5/h14-15,17,19,21,23,26-28,30H,7-13,16,18H2,1-6H3,(H,39,43)/t21-,23+,26-,27-,28+,30-/m1/s1. The Morgan fingerprint density at radius 2 is 1.85 bits per heavy atom. The number of aryl methyl sites for hydroxylation is 1. The maximum atomic E-state index is 16.3. The molecule has 2 aromatic rings. The number of carbonyl (C=O) groups excluding carboxylic acids is 3. The van der Waals surface area contributed by atoms with Crippen LogP contribution in [0.3, 0.4) is 0 Å². The molecule has 0 radical (unpaired) electrons.